The van der Waals surface area contributed by atoms with Crippen LogP contribution in [0.15, 0.2) is 23.4 Å². The summed E-state index contributed by atoms with van der Waals surface area (Å²) in [5, 5.41) is 8.43. The van der Waals surface area contributed by atoms with Crippen molar-refractivity contribution in [2.24, 2.45) is 0 Å². The molecule has 0 unspecified atom stereocenters. The maximum absolute atomic E-state index is 11.8. The van der Waals surface area contributed by atoms with Crippen molar-refractivity contribution < 1.29 is 23.2 Å². The SMILES string of the molecule is O=C(O)c1ccc(S(=O)(=O)NOC2CCCC2)nc1. The van der Waals surface area contributed by atoms with Gasteiger partial charge < -0.3 is 5.11 Å². The summed E-state index contributed by atoms with van der Waals surface area (Å²) in [6.45, 7) is 0. The third kappa shape index (κ3) is 3.49. The van der Waals surface area contributed by atoms with E-state index in [9.17, 15) is 13.2 Å². The van der Waals surface area contributed by atoms with Gasteiger partial charge in [0, 0.05) is 6.20 Å². The number of aromatic nitrogens is 1. The second-order valence-corrected chi connectivity index (χ2v) is 5.89. The van der Waals surface area contributed by atoms with E-state index in [4.69, 9.17) is 9.94 Å². The van der Waals surface area contributed by atoms with Crippen LogP contribution in [0.1, 0.15) is 36.0 Å². The van der Waals surface area contributed by atoms with Crippen LogP contribution in [-0.2, 0) is 14.9 Å². The second kappa shape index (κ2) is 5.64. The van der Waals surface area contributed by atoms with Gasteiger partial charge in [0.1, 0.15) is 0 Å². The zero-order valence-corrected chi connectivity index (χ0v) is 10.9. The standard InChI is InChI=1S/C11H14N2O5S/c14-11(15)8-5-6-10(12-7-8)19(16,17)13-18-9-3-1-2-4-9/h5-7,9,13H,1-4H2,(H,14,15). The number of rotatable bonds is 5. The number of carboxylic acids is 1. The van der Waals surface area contributed by atoms with Crippen LogP contribution in [0.5, 0.6) is 0 Å². The smallest absolute Gasteiger partial charge is 0.337 e. The molecule has 2 rings (SSSR count). The third-order valence-corrected chi connectivity index (χ3v) is 3.99. The van der Waals surface area contributed by atoms with Crippen LogP contribution >= 0.6 is 0 Å². The summed E-state index contributed by atoms with van der Waals surface area (Å²) < 4.78 is 23.6. The maximum atomic E-state index is 11.8. The molecule has 0 atom stereocenters. The van der Waals surface area contributed by atoms with Gasteiger partial charge in [-0.2, -0.15) is 0 Å². The van der Waals surface area contributed by atoms with E-state index >= 15 is 0 Å². The Morgan fingerprint density at radius 3 is 2.58 bits per heavy atom. The minimum atomic E-state index is -3.87. The summed E-state index contributed by atoms with van der Waals surface area (Å²) >= 11 is 0. The normalized spacial score (nSPS) is 16.6. The molecule has 8 heteroatoms. The van der Waals surface area contributed by atoms with Crippen LogP contribution < -0.4 is 4.89 Å². The number of pyridine rings is 1. The van der Waals surface area contributed by atoms with Gasteiger partial charge >= 0.3 is 5.97 Å². The van der Waals surface area contributed by atoms with Crippen LogP contribution in [0, 0.1) is 0 Å². The lowest BCUT2D eigenvalue weighted by molar-refractivity contribution is 0.0222. The molecule has 0 radical (unpaired) electrons. The molecule has 1 fully saturated rings. The van der Waals surface area contributed by atoms with Crippen LogP contribution in [0.25, 0.3) is 0 Å². The highest BCUT2D eigenvalue weighted by molar-refractivity contribution is 7.89. The van der Waals surface area contributed by atoms with Gasteiger partial charge in [-0.3, -0.25) is 4.84 Å². The van der Waals surface area contributed by atoms with E-state index in [2.05, 4.69) is 4.98 Å². The van der Waals surface area contributed by atoms with Gasteiger partial charge in [-0.15, -0.1) is 0 Å². The van der Waals surface area contributed by atoms with Gasteiger partial charge in [0.2, 0.25) is 0 Å². The molecule has 0 bridgehead atoms. The molecule has 1 aromatic heterocycles. The first kappa shape index (κ1) is 13.9. The molecule has 2 N–H and O–H groups in total. The fraction of sp³-hybridized carbons (Fsp3) is 0.455. The number of carboxylic acid groups (broad SMARTS) is 1. The molecule has 19 heavy (non-hydrogen) atoms. The minimum Gasteiger partial charge on any atom is -0.478 e. The van der Waals surface area contributed by atoms with Crippen LogP contribution in [-0.4, -0.2) is 30.6 Å². The second-order valence-electron chi connectivity index (χ2n) is 4.30. The van der Waals surface area contributed by atoms with Gasteiger partial charge in [0.25, 0.3) is 10.0 Å². The number of carbonyl (C=O) groups is 1. The van der Waals surface area contributed by atoms with E-state index < -0.39 is 16.0 Å². The topological polar surface area (TPSA) is 106 Å². The Hall–Kier alpha value is -1.51. The fourth-order valence-electron chi connectivity index (χ4n) is 1.85. The molecular weight excluding hydrogens is 272 g/mol. The van der Waals surface area contributed by atoms with Crippen molar-refractivity contribution in [1.82, 2.24) is 9.87 Å². The van der Waals surface area contributed by atoms with Gasteiger partial charge in [-0.05, 0) is 25.0 Å². The van der Waals surface area contributed by atoms with Gasteiger partial charge in [-0.1, -0.05) is 17.7 Å². The molecule has 1 saturated carbocycles. The van der Waals surface area contributed by atoms with Crippen molar-refractivity contribution in [3.05, 3.63) is 23.9 Å². The van der Waals surface area contributed by atoms with E-state index in [-0.39, 0.29) is 16.7 Å². The van der Waals surface area contributed by atoms with Crippen molar-refractivity contribution in [1.29, 1.82) is 0 Å². The van der Waals surface area contributed by atoms with Crippen molar-refractivity contribution in [3.63, 3.8) is 0 Å². The van der Waals surface area contributed by atoms with Crippen LogP contribution in [0.2, 0.25) is 0 Å². The highest BCUT2D eigenvalue weighted by atomic mass is 32.2. The number of nitrogens with zero attached hydrogens (tertiary/aromatic N) is 1. The Bertz CT molecular complexity index is 549. The van der Waals surface area contributed by atoms with Gasteiger partial charge in [0.15, 0.2) is 5.03 Å². The lowest BCUT2D eigenvalue weighted by Gasteiger charge is -2.11. The molecule has 0 amide bonds. The minimum absolute atomic E-state index is 0.0735. The predicted octanol–water partition coefficient (Wildman–Crippen LogP) is 0.932. The summed E-state index contributed by atoms with van der Waals surface area (Å²) in [4.78, 5) is 21.4. The van der Waals surface area contributed by atoms with E-state index in [1.165, 1.54) is 6.07 Å². The van der Waals surface area contributed by atoms with Crippen molar-refractivity contribution in [2.75, 3.05) is 0 Å². The average Bonchev–Trinajstić information content (AvgIpc) is 2.90. The van der Waals surface area contributed by atoms with E-state index in [1.807, 2.05) is 4.89 Å². The molecule has 0 saturated heterocycles. The summed E-state index contributed by atoms with van der Waals surface area (Å²) in [5.41, 5.74) is -0.0735. The first-order valence-corrected chi connectivity index (χ1v) is 7.34. The van der Waals surface area contributed by atoms with Crippen molar-refractivity contribution in [3.8, 4) is 0 Å². The highest BCUT2D eigenvalue weighted by Crippen LogP contribution is 2.20. The molecule has 1 aliphatic rings. The van der Waals surface area contributed by atoms with E-state index in [1.54, 1.807) is 0 Å². The fourth-order valence-corrected chi connectivity index (χ4v) is 2.63. The Kier molecular flexibility index (Phi) is 4.13. The molecule has 104 valence electrons. The molecule has 1 aromatic rings. The van der Waals surface area contributed by atoms with E-state index in [0.717, 1.165) is 37.9 Å². The van der Waals surface area contributed by atoms with Crippen LogP contribution in [0.3, 0.4) is 0 Å². The average molecular weight is 286 g/mol. The lowest BCUT2D eigenvalue weighted by atomic mass is 10.3. The monoisotopic (exact) mass is 286 g/mol. The van der Waals surface area contributed by atoms with Crippen LogP contribution in [0.4, 0.5) is 0 Å². The Morgan fingerprint density at radius 2 is 2.05 bits per heavy atom. The first-order chi connectivity index (χ1) is 8.99. The molecule has 0 aliphatic heterocycles. The first-order valence-electron chi connectivity index (χ1n) is 5.86. The summed E-state index contributed by atoms with van der Waals surface area (Å²) in [7, 11) is -3.87. The zero-order chi connectivity index (χ0) is 13.9. The number of hydrogen-bond donors (Lipinski definition) is 2. The van der Waals surface area contributed by atoms with Gasteiger partial charge in [0.05, 0.1) is 11.7 Å². The summed E-state index contributed by atoms with van der Waals surface area (Å²) in [5.74, 6) is -1.16. The number of sulfonamides is 1. The highest BCUT2D eigenvalue weighted by Gasteiger charge is 2.21. The number of hydrogen-bond acceptors (Lipinski definition) is 5. The number of aromatic carboxylic acids is 1. The van der Waals surface area contributed by atoms with Crippen molar-refractivity contribution in [2.45, 2.75) is 36.8 Å². The molecular formula is C11H14N2O5S. The molecule has 1 aliphatic carbocycles. The van der Waals surface area contributed by atoms with E-state index in [0.29, 0.717) is 0 Å². The molecule has 1 heterocycles. The maximum Gasteiger partial charge on any atom is 0.337 e. The summed E-state index contributed by atoms with van der Waals surface area (Å²) in [6, 6.07) is 2.31. The Labute approximate surface area is 110 Å². The molecule has 0 spiro atoms. The largest absolute Gasteiger partial charge is 0.478 e. The summed E-state index contributed by atoms with van der Waals surface area (Å²) in [6.07, 6.45) is 4.59. The lowest BCUT2D eigenvalue weighted by Crippen LogP contribution is -2.29. The third-order valence-electron chi connectivity index (χ3n) is 2.89. The quantitative estimate of drug-likeness (QED) is 0.780. The Balaban J connectivity index is 2.03. The predicted molar refractivity (Wildman–Crippen MR) is 64.9 cm³/mol. The number of nitrogens with one attached hydrogen (secondary N) is 1. The van der Waals surface area contributed by atoms with Gasteiger partial charge in [-0.25, -0.2) is 18.2 Å². The molecule has 7 nitrogen and oxygen atoms in total. The Morgan fingerprint density at radius 1 is 1.37 bits per heavy atom. The molecule has 0 aromatic carbocycles. The zero-order valence-electron chi connectivity index (χ0n) is 10.1. The van der Waals surface area contributed by atoms with Crippen molar-refractivity contribution >= 4 is 16.0 Å².